The fourth-order valence-electron chi connectivity index (χ4n) is 3.33. The first-order chi connectivity index (χ1) is 13.3. The molecule has 0 N–H and O–H groups in total. The Morgan fingerprint density at radius 1 is 1.25 bits per heavy atom. The van der Waals surface area contributed by atoms with Crippen molar-refractivity contribution in [1.29, 1.82) is 0 Å². The van der Waals surface area contributed by atoms with Gasteiger partial charge in [0.2, 0.25) is 0 Å². The molecule has 0 aliphatic carbocycles. The quantitative estimate of drug-likeness (QED) is 0.637. The first-order valence-electron chi connectivity index (χ1n) is 9.27. The van der Waals surface area contributed by atoms with Gasteiger partial charge >= 0.3 is 0 Å². The largest absolute Gasteiger partial charge is 0.493 e. The van der Waals surface area contributed by atoms with Gasteiger partial charge in [0.05, 0.1) is 22.9 Å². The summed E-state index contributed by atoms with van der Waals surface area (Å²) in [5, 5.41) is 0. The van der Waals surface area contributed by atoms with E-state index in [0.29, 0.717) is 41.3 Å². The number of fused-ring (bicyclic) bond motifs is 1. The molecule has 0 atom stereocenters. The number of hydrogen-bond donors (Lipinski definition) is 0. The summed E-state index contributed by atoms with van der Waals surface area (Å²) in [5.74, 6) is 0.534. The Hall–Kier alpha value is -2.12. The number of benzene rings is 1. The van der Waals surface area contributed by atoms with Crippen LogP contribution in [0.25, 0.3) is 0 Å². The molecule has 1 aliphatic heterocycles. The third kappa shape index (κ3) is 4.00. The second-order valence-electron chi connectivity index (χ2n) is 6.83. The Balaban J connectivity index is 2.15. The molecule has 0 unspecified atom stereocenters. The molecule has 0 radical (unpaired) electrons. The van der Waals surface area contributed by atoms with E-state index in [4.69, 9.17) is 20.4 Å². The lowest BCUT2D eigenvalue weighted by atomic mass is 10.0. The average molecular weight is 423 g/mol. The molecule has 1 aliphatic rings. The van der Waals surface area contributed by atoms with E-state index in [9.17, 15) is 13.2 Å². The van der Waals surface area contributed by atoms with E-state index in [1.807, 2.05) is 13.1 Å². The maximum absolute atomic E-state index is 12.6. The summed E-state index contributed by atoms with van der Waals surface area (Å²) < 4.78 is 31.0. The van der Waals surface area contributed by atoms with Crippen LogP contribution in [-0.2, 0) is 28.9 Å². The number of aliphatic imine (C=N–C) groups is 1. The highest BCUT2D eigenvalue weighted by molar-refractivity contribution is 8.13. The zero-order chi connectivity index (χ0) is 20.5. The number of hydrogen-bond acceptors (Lipinski definition) is 5. The Kier molecular flexibility index (Phi) is 5.95. The van der Waals surface area contributed by atoms with Crippen molar-refractivity contribution in [1.82, 2.24) is 4.57 Å². The number of halogens is 1. The maximum atomic E-state index is 12.6. The molecule has 0 saturated heterocycles. The predicted molar refractivity (Wildman–Crippen MR) is 111 cm³/mol. The molecule has 1 aromatic heterocycles. The van der Waals surface area contributed by atoms with Crippen molar-refractivity contribution in [2.24, 2.45) is 12.0 Å². The van der Waals surface area contributed by atoms with Crippen LogP contribution in [0, 0.1) is 0 Å². The van der Waals surface area contributed by atoms with E-state index in [1.165, 1.54) is 12.1 Å². The van der Waals surface area contributed by atoms with Crippen LogP contribution in [0.2, 0.25) is 0 Å². The van der Waals surface area contributed by atoms with Gasteiger partial charge in [-0.15, -0.1) is 0 Å². The Morgan fingerprint density at radius 2 is 2.00 bits per heavy atom. The van der Waals surface area contributed by atoms with Crippen LogP contribution in [0.5, 0.6) is 5.75 Å². The highest BCUT2D eigenvalue weighted by atomic mass is 35.7. The number of aromatic nitrogens is 1. The van der Waals surface area contributed by atoms with E-state index in [0.717, 1.165) is 24.8 Å². The van der Waals surface area contributed by atoms with Crippen LogP contribution in [-0.4, -0.2) is 25.3 Å². The molecule has 0 bridgehead atoms. The van der Waals surface area contributed by atoms with E-state index >= 15 is 0 Å². The van der Waals surface area contributed by atoms with Crippen LogP contribution in [0.15, 0.2) is 39.1 Å². The van der Waals surface area contributed by atoms with Crippen molar-refractivity contribution in [3.05, 3.63) is 51.4 Å². The smallest absolute Gasteiger partial charge is 0.261 e. The van der Waals surface area contributed by atoms with Crippen LogP contribution < -0.4 is 10.3 Å². The monoisotopic (exact) mass is 422 g/mol. The number of nitrogens with zero attached hydrogens (tertiary/aromatic N) is 2. The summed E-state index contributed by atoms with van der Waals surface area (Å²) in [5.41, 5.74) is 3.40. The molecule has 2 aromatic rings. The number of aryl methyl sites for hydroxylation is 2. The van der Waals surface area contributed by atoms with E-state index in [2.05, 4.69) is 6.92 Å². The van der Waals surface area contributed by atoms with Crippen LogP contribution in [0.4, 0.5) is 5.69 Å². The molecule has 6 nitrogen and oxygen atoms in total. The topological polar surface area (TPSA) is 77.7 Å². The maximum Gasteiger partial charge on any atom is 0.261 e. The van der Waals surface area contributed by atoms with Gasteiger partial charge in [0.15, 0.2) is 0 Å². The fraction of sp³-hybridized carbons (Fsp3) is 0.400. The summed E-state index contributed by atoms with van der Waals surface area (Å²) in [6, 6.07) is 4.49. The van der Waals surface area contributed by atoms with Gasteiger partial charge in [-0.25, -0.2) is 8.42 Å². The van der Waals surface area contributed by atoms with Crippen molar-refractivity contribution in [3.8, 4) is 5.75 Å². The molecule has 3 rings (SSSR count). The lowest BCUT2D eigenvalue weighted by Crippen LogP contribution is -2.21. The summed E-state index contributed by atoms with van der Waals surface area (Å²) in [7, 11) is 3.37. The van der Waals surface area contributed by atoms with Crippen LogP contribution >= 0.6 is 10.7 Å². The zero-order valence-corrected chi connectivity index (χ0v) is 17.7. The standard InChI is InChI=1S/C20H23ClN2O4S/c1-4-6-13-12-23(3)20(24)16-11-17(22-19(13)16)15-10-14(28(21,25)26)7-8-18(15)27-9-5-2/h7-8,10,12H,4-6,9,11H2,1-3H3. The van der Waals surface area contributed by atoms with Crippen molar-refractivity contribution >= 4 is 31.1 Å². The summed E-state index contributed by atoms with van der Waals surface area (Å²) in [6.45, 7) is 4.55. The average Bonchev–Trinajstić information content (AvgIpc) is 3.09. The number of ether oxygens (including phenoxy) is 1. The van der Waals surface area contributed by atoms with E-state index < -0.39 is 9.05 Å². The van der Waals surface area contributed by atoms with Crippen LogP contribution in [0.3, 0.4) is 0 Å². The minimum Gasteiger partial charge on any atom is -0.493 e. The van der Waals surface area contributed by atoms with Crippen molar-refractivity contribution in [2.45, 2.75) is 44.4 Å². The molecule has 0 spiro atoms. The number of rotatable bonds is 7. The van der Waals surface area contributed by atoms with Gasteiger partial charge < -0.3 is 9.30 Å². The molecule has 0 fully saturated rings. The zero-order valence-electron chi connectivity index (χ0n) is 16.2. The van der Waals surface area contributed by atoms with Gasteiger partial charge in [-0.1, -0.05) is 20.3 Å². The normalized spacial score (nSPS) is 13.4. The Morgan fingerprint density at radius 3 is 2.64 bits per heavy atom. The highest BCUT2D eigenvalue weighted by Crippen LogP contribution is 2.34. The van der Waals surface area contributed by atoms with Gasteiger partial charge in [-0.3, -0.25) is 9.79 Å². The van der Waals surface area contributed by atoms with Gasteiger partial charge in [-0.05, 0) is 36.6 Å². The van der Waals surface area contributed by atoms with Gasteiger partial charge in [0.25, 0.3) is 14.6 Å². The third-order valence-corrected chi connectivity index (χ3v) is 5.99. The van der Waals surface area contributed by atoms with Crippen molar-refractivity contribution < 1.29 is 13.2 Å². The second-order valence-corrected chi connectivity index (χ2v) is 9.39. The van der Waals surface area contributed by atoms with E-state index in [-0.39, 0.29) is 10.5 Å². The summed E-state index contributed by atoms with van der Waals surface area (Å²) >= 11 is 0. The molecule has 1 aromatic carbocycles. The van der Waals surface area contributed by atoms with Gasteiger partial charge in [-0.2, -0.15) is 0 Å². The molecular weight excluding hydrogens is 400 g/mol. The highest BCUT2D eigenvalue weighted by Gasteiger charge is 2.26. The Bertz CT molecular complexity index is 1100. The fourth-order valence-corrected chi connectivity index (χ4v) is 4.11. The summed E-state index contributed by atoms with van der Waals surface area (Å²) in [6.07, 6.45) is 4.70. The van der Waals surface area contributed by atoms with Crippen LogP contribution in [0.1, 0.15) is 43.4 Å². The Labute approximate surface area is 169 Å². The van der Waals surface area contributed by atoms with Gasteiger partial charge in [0.1, 0.15) is 5.75 Å². The summed E-state index contributed by atoms with van der Waals surface area (Å²) in [4.78, 5) is 17.3. The molecule has 150 valence electrons. The van der Waals surface area contributed by atoms with Crippen molar-refractivity contribution in [3.63, 3.8) is 0 Å². The molecule has 0 saturated carbocycles. The first-order valence-corrected chi connectivity index (χ1v) is 11.6. The molecule has 0 amide bonds. The minimum atomic E-state index is -3.90. The number of pyridine rings is 1. The molecule has 28 heavy (non-hydrogen) atoms. The first kappa shape index (κ1) is 20.6. The molecule has 2 heterocycles. The predicted octanol–water partition coefficient (Wildman–Crippen LogP) is 3.73. The van der Waals surface area contributed by atoms with Gasteiger partial charge in [0, 0.05) is 41.5 Å². The second kappa shape index (κ2) is 8.09. The van der Waals surface area contributed by atoms with E-state index in [1.54, 1.807) is 17.7 Å². The SMILES string of the molecule is CCCOc1ccc(S(=O)(=O)Cl)cc1C1=Nc2c(CCC)cn(C)c(=O)c2C1. The molecular formula is C20H23ClN2O4S. The van der Waals surface area contributed by atoms with Crippen molar-refractivity contribution in [2.75, 3.05) is 6.61 Å². The lowest BCUT2D eigenvalue weighted by molar-refractivity contribution is 0.316. The molecule has 8 heteroatoms. The lowest BCUT2D eigenvalue weighted by Gasteiger charge is -2.12. The minimum absolute atomic E-state index is 0.0200. The third-order valence-electron chi connectivity index (χ3n) is 4.63.